The zero-order chi connectivity index (χ0) is 25.7. The van der Waals surface area contributed by atoms with Crippen LogP contribution in [-0.4, -0.2) is 66.0 Å². The summed E-state index contributed by atoms with van der Waals surface area (Å²) in [5.41, 5.74) is 1.29. The zero-order valence-corrected chi connectivity index (χ0v) is 20.3. The maximum atomic E-state index is 13.2. The number of carbonyl (C=O) groups is 2. The Morgan fingerprint density at radius 1 is 0.694 bits per heavy atom. The monoisotopic (exact) mass is 506 g/mol. The summed E-state index contributed by atoms with van der Waals surface area (Å²) in [6, 6.07) is 28.1. The van der Waals surface area contributed by atoms with E-state index in [0.717, 1.165) is 30.4 Å². The number of hydrogen-bond acceptors (Lipinski definition) is 5. The molecule has 1 aliphatic rings. The SMILES string of the molecule is O=C(O)C(=O)O.O=S(=O)(c1ccc2ccccc2c1)N1CCN(Cc2cccc3ccccc23)CC1. The number of sulfonamides is 1. The smallest absolute Gasteiger partial charge is 0.414 e. The van der Waals surface area contributed by atoms with Crippen LogP contribution in [0, 0.1) is 0 Å². The minimum atomic E-state index is -3.48. The highest BCUT2D eigenvalue weighted by Gasteiger charge is 2.28. The van der Waals surface area contributed by atoms with Crippen LogP contribution in [0.1, 0.15) is 5.56 Å². The number of rotatable bonds is 4. The molecule has 5 rings (SSSR count). The molecule has 186 valence electrons. The van der Waals surface area contributed by atoms with E-state index >= 15 is 0 Å². The van der Waals surface area contributed by atoms with Crippen molar-refractivity contribution in [1.29, 1.82) is 0 Å². The van der Waals surface area contributed by atoms with Gasteiger partial charge in [0.25, 0.3) is 0 Å². The van der Waals surface area contributed by atoms with E-state index in [1.807, 2.05) is 30.3 Å². The van der Waals surface area contributed by atoms with E-state index in [4.69, 9.17) is 19.8 Å². The van der Waals surface area contributed by atoms with Crippen molar-refractivity contribution in [3.63, 3.8) is 0 Å². The summed E-state index contributed by atoms with van der Waals surface area (Å²) < 4.78 is 28.0. The molecule has 1 saturated heterocycles. The average Bonchev–Trinajstić information content (AvgIpc) is 2.89. The Balaban J connectivity index is 0.000000455. The third-order valence-corrected chi connectivity index (χ3v) is 8.04. The van der Waals surface area contributed by atoms with Crippen molar-refractivity contribution < 1.29 is 28.2 Å². The second-order valence-electron chi connectivity index (χ2n) is 8.44. The molecular formula is C27H26N2O6S. The first kappa shape index (κ1) is 25.3. The quantitative estimate of drug-likeness (QED) is 0.406. The van der Waals surface area contributed by atoms with Crippen LogP contribution in [0.3, 0.4) is 0 Å². The van der Waals surface area contributed by atoms with E-state index in [1.54, 1.807) is 16.4 Å². The van der Waals surface area contributed by atoms with Crippen molar-refractivity contribution in [1.82, 2.24) is 9.21 Å². The molecule has 0 saturated carbocycles. The van der Waals surface area contributed by atoms with E-state index in [2.05, 4.69) is 47.4 Å². The fourth-order valence-corrected chi connectivity index (χ4v) is 5.73. The standard InChI is InChI=1S/C25H24N2O2S.C2H2O4/c28-30(29,24-13-12-20-6-1-2-8-22(20)18-24)27-16-14-26(15-17-27)19-23-10-5-9-21-7-3-4-11-25(21)23;3-1(4)2(5)6/h1-13,18H,14-17,19H2;(H,3,4)(H,5,6). The first-order valence-electron chi connectivity index (χ1n) is 11.4. The maximum Gasteiger partial charge on any atom is 0.414 e. The molecule has 2 N–H and O–H groups in total. The van der Waals surface area contributed by atoms with Crippen LogP contribution < -0.4 is 0 Å². The summed E-state index contributed by atoms with van der Waals surface area (Å²) in [7, 11) is -3.48. The van der Waals surface area contributed by atoms with Gasteiger partial charge in [-0.25, -0.2) is 18.0 Å². The van der Waals surface area contributed by atoms with Gasteiger partial charge in [0.15, 0.2) is 0 Å². The number of nitrogens with zero attached hydrogens (tertiary/aromatic N) is 2. The highest BCUT2D eigenvalue weighted by molar-refractivity contribution is 7.89. The normalized spacial score (nSPS) is 14.8. The molecule has 9 heteroatoms. The van der Waals surface area contributed by atoms with Gasteiger partial charge in [-0.15, -0.1) is 0 Å². The summed E-state index contributed by atoms with van der Waals surface area (Å²) in [5, 5.41) is 19.3. The lowest BCUT2D eigenvalue weighted by Crippen LogP contribution is -2.48. The highest BCUT2D eigenvalue weighted by Crippen LogP contribution is 2.24. The van der Waals surface area contributed by atoms with Crippen LogP contribution in [0.2, 0.25) is 0 Å². The molecule has 0 aromatic heterocycles. The number of aliphatic carboxylic acids is 2. The molecule has 0 aliphatic carbocycles. The molecule has 1 aliphatic heterocycles. The number of hydrogen-bond donors (Lipinski definition) is 2. The molecular weight excluding hydrogens is 480 g/mol. The van der Waals surface area contributed by atoms with Crippen molar-refractivity contribution >= 4 is 43.5 Å². The lowest BCUT2D eigenvalue weighted by molar-refractivity contribution is -0.159. The largest absolute Gasteiger partial charge is 0.473 e. The molecule has 4 aromatic rings. The van der Waals surface area contributed by atoms with Gasteiger partial charge in [0.05, 0.1) is 4.90 Å². The number of benzene rings is 4. The Hall–Kier alpha value is -3.79. The van der Waals surface area contributed by atoms with Crippen molar-refractivity contribution in [3.05, 3.63) is 90.5 Å². The number of carboxylic acid groups (broad SMARTS) is 2. The molecule has 0 unspecified atom stereocenters. The van der Waals surface area contributed by atoms with Crippen molar-refractivity contribution in [2.45, 2.75) is 11.4 Å². The van der Waals surface area contributed by atoms with Gasteiger partial charge in [-0.3, -0.25) is 4.90 Å². The number of piperazine rings is 1. The maximum absolute atomic E-state index is 13.2. The van der Waals surface area contributed by atoms with Crippen LogP contribution in [0.15, 0.2) is 89.8 Å². The minimum absolute atomic E-state index is 0.378. The molecule has 0 radical (unpaired) electrons. The Morgan fingerprint density at radius 2 is 1.28 bits per heavy atom. The Bertz CT molecular complexity index is 1490. The van der Waals surface area contributed by atoms with Crippen LogP contribution in [0.4, 0.5) is 0 Å². The van der Waals surface area contributed by atoms with E-state index < -0.39 is 22.0 Å². The zero-order valence-electron chi connectivity index (χ0n) is 19.4. The van der Waals surface area contributed by atoms with Crippen LogP contribution >= 0.6 is 0 Å². The second kappa shape index (κ2) is 10.9. The topological polar surface area (TPSA) is 115 Å². The number of fused-ring (bicyclic) bond motifs is 2. The Morgan fingerprint density at radius 3 is 1.94 bits per heavy atom. The molecule has 36 heavy (non-hydrogen) atoms. The fourth-order valence-electron chi connectivity index (χ4n) is 4.28. The molecule has 1 heterocycles. The summed E-state index contributed by atoms with van der Waals surface area (Å²) in [6.07, 6.45) is 0. The van der Waals surface area contributed by atoms with Gasteiger partial charge in [-0.1, -0.05) is 72.8 Å². The van der Waals surface area contributed by atoms with Gasteiger partial charge in [0.1, 0.15) is 0 Å². The third kappa shape index (κ3) is 5.71. The molecule has 4 aromatic carbocycles. The predicted octanol–water partition coefficient (Wildman–Crippen LogP) is 3.66. The van der Waals surface area contributed by atoms with Crippen LogP contribution in [0.5, 0.6) is 0 Å². The Kier molecular flexibility index (Phi) is 7.64. The molecule has 0 amide bonds. The fraction of sp³-hybridized carbons (Fsp3) is 0.185. The average molecular weight is 507 g/mol. The van der Waals surface area contributed by atoms with E-state index in [-0.39, 0.29) is 0 Å². The molecule has 0 spiro atoms. The summed E-state index contributed by atoms with van der Waals surface area (Å²) in [6.45, 7) is 3.33. The molecule has 0 bridgehead atoms. The van der Waals surface area contributed by atoms with Gasteiger partial charge in [0, 0.05) is 32.7 Å². The molecule has 0 atom stereocenters. The first-order valence-corrected chi connectivity index (χ1v) is 12.8. The first-order chi connectivity index (χ1) is 17.3. The van der Waals surface area contributed by atoms with Crippen LogP contribution in [-0.2, 0) is 26.2 Å². The van der Waals surface area contributed by atoms with Gasteiger partial charge < -0.3 is 10.2 Å². The lowest BCUT2D eigenvalue weighted by Gasteiger charge is -2.34. The van der Waals surface area contributed by atoms with E-state index in [0.29, 0.717) is 18.0 Å². The third-order valence-electron chi connectivity index (χ3n) is 6.15. The van der Waals surface area contributed by atoms with Gasteiger partial charge in [-0.2, -0.15) is 4.31 Å². The minimum Gasteiger partial charge on any atom is -0.473 e. The highest BCUT2D eigenvalue weighted by atomic mass is 32.2. The Labute approximate surface area is 209 Å². The van der Waals surface area contributed by atoms with E-state index in [1.165, 1.54) is 16.3 Å². The van der Waals surface area contributed by atoms with Gasteiger partial charge in [0.2, 0.25) is 10.0 Å². The molecule has 1 fully saturated rings. The predicted molar refractivity (Wildman–Crippen MR) is 137 cm³/mol. The van der Waals surface area contributed by atoms with Crippen LogP contribution in [0.25, 0.3) is 21.5 Å². The van der Waals surface area contributed by atoms with Crippen molar-refractivity contribution in [2.24, 2.45) is 0 Å². The summed E-state index contributed by atoms with van der Waals surface area (Å²) >= 11 is 0. The summed E-state index contributed by atoms with van der Waals surface area (Å²) in [4.78, 5) is 20.9. The second-order valence-corrected chi connectivity index (χ2v) is 10.4. The lowest BCUT2D eigenvalue weighted by atomic mass is 10.0. The molecule has 8 nitrogen and oxygen atoms in total. The van der Waals surface area contributed by atoms with Gasteiger partial charge >= 0.3 is 11.9 Å². The van der Waals surface area contributed by atoms with Gasteiger partial charge in [-0.05, 0) is 39.2 Å². The van der Waals surface area contributed by atoms with Crippen molar-refractivity contribution in [3.8, 4) is 0 Å². The summed E-state index contributed by atoms with van der Waals surface area (Å²) in [5.74, 6) is -3.65. The van der Waals surface area contributed by atoms with E-state index in [9.17, 15) is 8.42 Å². The van der Waals surface area contributed by atoms with Crippen molar-refractivity contribution in [2.75, 3.05) is 26.2 Å². The number of carboxylic acids is 2.